The first-order valence-corrected chi connectivity index (χ1v) is 6.93. The van der Waals surface area contributed by atoms with Gasteiger partial charge in [-0.2, -0.15) is 0 Å². The zero-order valence-corrected chi connectivity index (χ0v) is 12.0. The monoisotopic (exact) mass is 311 g/mol. The lowest BCUT2D eigenvalue weighted by Gasteiger charge is -2.28. The summed E-state index contributed by atoms with van der Waals surface area (Å²) in [7, 11) is 2.08. The summed E-state index contributed by atoms with van der Waals surface area (Å²) in [5.41, 5.74) is 7.53. The van der Waals surface area contributed by atoms with Crippen LogP contribution in [0, 0.1) is 0 Å². The van der Waals surface area contributed by atoms with Crippen LogP contribution in [-0.2, 0) is 0 Å². The lowest BCUT2D eigenvalue weighted by atomic mass is 10.1. The van der Waals surface area contributed by atoms with Crippen LogP contribution >= 0.6 is 15.9 Å². The molecule has 1 aromatic rings. The molecule has 5 heteroatoms. The summed E-state index contributed by atoms with van der Waals surface area (Å²) in [5.74, 6) is 0.149. The van der Waals surface area contributed by atoms with E-state index in [9.17, 15) is 0 Å². The van der Waals surface area contributed by atoms with Gasteiger partial charge < -0.3 is 15.8 Å². The van der Waals surface area contributed by atoms with Crippen LogP contribution in [0.4, 0.5) is 5.69 Å². The summed E-state index contributed by atoms with van der Waals surface area (Å²) in [6, 6.07) is 6.43. The molecule has 1 aliphatic carbocycles. The number of hydrogen-bond donors (Lipinski definition) is 2. The van der Waals surface area contributed by atoms with Crippen molar-refractivity contribution in [3.8, 4) is 0 Å². The number of anilines is 1. The molecule has 18 heavy (non-hydrogen) atoms. The molecule has 0 atom stereocenters. The molecule has 0 radical (unpaired) electrons. The fraction of sp³-hybridized carbons (Fsp3) is 0.462. The summed E-state index contributed by atoms with van der Waals surface area (Å²) in [5, 5.41) is 12.0. The number of amidine groups is 1. The second-order valence-corrected chi connectivity index (χ2v) is 5.61. The molecular formula is C13H18BrN3O. The van der Waals surface area contributed by atoms with Crippen LogP contribution in [0.25, 0.3) is 0 Å². The summed E-state index contributed by atoms with van der Waals surface area (Å²) < 4.78 is 0.924. The van der Waals surface area contributed by atoms with Gasteiger partial charge in [-0.1, -0.05) is 33.9 Å². The minimum atomic E-state index is 0.149. The highest BCUT2D eigenvalue weighted by Gasteiger charge is 2.22. The maximum Gasteiger partial charge on any atom is 0.172 e. The second-order valence-electron chi connectivity index (χ2n) is 4.70. The number of nitrogens with zero attached hydrogens (tertiary/aromatic N) is 2. The van der Waals surface area contributed by atoms with Gasteiger partial charge in [0.2, 0.25) is 0 Å². The molecule has 4 nitrogen and oxygen atoms in total. The molecule has 0 saturated heterocycles. The van der Waals surface area contributed by atoms with Gasteiger partial charge in [-0.15, -0.1) is 0 Å². The molecule has 1 fully saturated rings. The van der Waals surface area contributed by atoms with Crippen molar-refractivity contribution in [1.82, 2.24) is 0 Å². The predicted molar refractivity (Wildman–Crippen MR) is 77.3 cm³/mol. The number of hydrogen-bond acceptors (Lipinski definition) is 3. The Morgan fingerprint density at radius 2 is 2.11 bits per heavy atom. The molecule has 3 N–H and O–H groups in total. The number of halogens is 1. The maximum atomic E-state index is 8.88. The van der Waals surface area contributed by atoms with Crippen molar-refractivity contribution in [3.63, 3.8) is 0 Å². The molecule has 0 aromatic heterocycles. The molecular weight excluding hydrogens is 294 g/mol. The standard InChI is InChI=1S/C13H18BrN3O/c1-17(10-4-2-3-5-10)12-7-6-9(14)8-11(12)13(15)16-18/h6-8,10,18H,2-5H2,1H3,(H2,15,16). The van der Waals surface area contributed by atoms with Crippen molar-refractivity contribution in [2.75, 3.05) is 11.9 Å². The Labute approximate surface area is 116 Å². The minimum Gasteiger partial charge on any atom is -0.409 e. The highest BCUT2D eigenvalue weighted by Crippen LogP contribution is 2.30. The molecule has 0 amide bonds. The molecule has 1 aliphatic rings. The quantitative estimate of drug-likeness (QED) is 0.390. The molecule has 1 aromatic carbocycles. The van der Waals surface area contributed by atoms with Gasteiger partial charge in [0.25, 0.3) is 0 Å². The Morgan fingerprint density at radius 3 is 2.72 bits per heavy atom. The van der Waals surface area contributed by atoms with Gasteiger partial charge >= 0.3 is 0 Å². The molecule has 0 bridgehead atoms. The van der Waals surface area contributed by atoms with E-state index < -0.39 is 0 Å². The molecule has 98 valence electrons. The highest BCUT2D eigenvalue weighted by atomic mass is 79.9. The first-order valence-electron chi connectivity index (χ1n) is 6.13. The first-order chi connectivity index (χ1) is 8.63. The SMILES string of the molecule is CN(c1ccc(Br)cc1/C(N)=N/O)C1CCCC1. The van der Waals surface area contributed by atoms with Crippen molar-refractivity contribution in [2.45, 2.75) is 31.7 Å². The van der Waals surface area contributed by atoms with Crippen molar-refractivity contribution in [2.24, 2.45) is 10.9 Å². The van der Waals surface area contributed by atoms with Gasteiger partial charge in [0.15, 0.2) is 5.84 Å². The zero-order valence-electron chi connectivity index (χ0n) is 10.4. The normalized spacial score (nSPS) is 17.1. The molecule has 0 unspecified atom stereocenters. The summed E-state index contributed by atoms with van der Waals surface area (Å²) in [6.45, 7) is 0. The Balaban J connectivity index is 2.36. The Hall–Kier alpha value is -1.23. The lowest BCUT2D eigenvalue weighted by Crippen LogP contribution is -2.31. The lowest BCUT2D eigenvalue weighted by molar-refractivity contribution is 0.318. The van der Waals surface area contributed by atoms with E-state index in [4.69, 9.17) is 10.9 Å². The third-order valence-corrected chi connectivity index (χ3v) is 4.09. The average Bonchev–Trinajstić information content (AvgIpc) is 2.90. The van der Waals surface area contributed by atoms with Gasteiger partial charge in [-0.25, -0.2) is 0 Å². The number of rotatable bonds is 3. The van der Waals surface area contributed by atoms with Gasteiger partial charge in [0, 0.05) is 28.8 Å². The predicted octanol–water partition coefficient (Wildman–Crippen LogP) is 2.92. The molecule has 2 rings (SSSR count). The summed E-state index contributed by atoms with van der Waals surface area (Å²) in [6.07, 6.45) is 4.99. The van der Waals surface area contributed by atoms with Crippen molar-refractivity contribution >= 4 is 27.5 Å². The van der Waals surface area contributed by atoms with Crippen LogP contribution in [0.15, 0.2) is 27.8 Å². The summed E-state index contributed by atoms with van der Waals surface area (Å²) >= 11 is 3.42. The van der Waals surface area contributed by atoms with Gasteiger partial charge in [0.1, 0.15) is 0 Å². The van der Waals surface area contributed by atoms with Crippen molar-refractivity contribution < 1.29 is 5.21 Å². The second kappa shape index (κ2) is 5.61. The fourth-order valence-electron chi connectivity index (χ4n) is 2.56. The molecule has 0 heterocycles. The van der Waals surface area contributed by atoms with Crippen molar-refractivity contribution in [1.29, 1.82) is 0 Å². The van der Waals surface area contributed by atoms with E-state index in [0.29, 0.717) is 6.04 Å². The molecule has 1 saturated carbocycles. The smallest absolute Gasteiger partial charge is 0.172 e. The van der Waals surface area contributed by atoms with E-state index in [1.165, 1.54) is 25.7 Å². The Morgan fingerprint density at radius 1 is 1.44 bits per heavy atom. The maximum absolute atomic E-state index is 8.88. The van der Waals surface area contributed by atoms with Gasteiger partial charge in [-0.3, -0.25) is 0 Å². The van der Waals surface area contributed by atoms with Crippen LogP contribution in [0.2, 0.25) is 0 Å². The summed E-state index contributed by atoms with van der Waals surface area (Å²) in [4.78, 5) is 2.24. The Bertz CT molecular complexity index is 456. The minimum absolute atomic E-state index is 0.149. The average molecular weight is 312 g/mol. The van der Waals surface area contributed by atoms with E-state index in [0.717, 1.165) is 15.7 Å². The van der Waals surface area contributed by atoms with Crippen LogP contribution < -0.4 is 10.6 Å². The van der Waals surface area contributed by atoms with E-state index in [1.54, 1.807) is 0 Å². The molecule has 0 spiro atoms. The van der Waals surface area contributed by atoms with Gasteiger partial charge in [-0.05, 0) is 31.0 Å². The highest BCUT2D eigenvalue weighted by molar-refractivity contribution is 9.10. The van der Waals surface area contributed by atoms with E-state index >= 15 is 0 Å². The van der Waals surface area contributed by atoms with E-state index in [2.05, 4.69) is 33.0 Å². The van der Waals surface area contributed by atoms with Crippen LogP contribution in [-0.4, -0.2) is 24.1 Å². The van der Waals surface area contributed by atoms with Crippen LogP contribution in [0.5, 0.6) is 0 Å². The van der Waals surface area contributed by atoms with Crippen LogP contribution in [0.3, 0.4) is 0 Å². The number of oxime groups is 1. The van der Waals surface area contributed by atoms with E-state index in [-0.39, 0.29) is 5.84 Å². The third-order valence-electron chi connectivity index (χ3n) is 3.59. The van der Waals surface area contributed by atoms with Gasteiger partial charge in [0.05, 0.1) is 0 Å². The first kappa shape index (κ1) is 13.2. The fourth-order valence-corrected chi connectivity index (χ4v) is 2.92. The topological polar surface area (TPSA) is 61.8 Å². The number of benzene rings is 1. The van der Waals surface area contributed by atoms with E-state index in [1.807, 2.05) is 18.2 Å². The molecule has 0 aliphatic heterocycles. The largest absolute Gasteiger partial charge is 0.409 e. The third kappa shape index (κ3) is 2.61. The Kier molecular flexibility index (Phi) is 4.11. The zero-order chi connectivity index (χ0) is 13.1. The van der Waals surface area contributed by atoms with Crippen LogP contribution in [0.1, 0.15) is 31.2 Å². The number of nitrogens with two attached hydrogens (primary N) is 1. The van der Waals surface area contributed by atoms with Crippen molar-refractivity contribution in [3.05, 3.63) is 28.2 Å².